The first kappa shape index (κ1) is 14.5. The largest absolute Gasteiger partial charge is 0.290 e. The zero-order chi connectivity index (χ0) is 16.4. The number of nitrogens with zero attached hydrogens (tertiary/aromatic N) is 2. The van der Waals surface area contributed by atoms with Gasteiger partial charge in [0.15, 0.2) is 0 Å². The third-order valence-corrected chi connectivity index (χ3v) is 4.54. The highest BCUT2D eigenvalue weighted by Crippen LogP contribution is 2.23. The second-order valence-corrected chi connectivity index (χ2v) is 6.21. The number of hydrogen-bond donors (Lipinski definition) is 1. The molecular formula is C19H13N3OS. The fourth-order valence-corrected chi connectivity index (χ4v) is 3.12. The van der Waals surface area contributed by atoms with Gasteiger partial charge in [0.1, 0.15) is 0 Å². The number of rotatable bonds is 3. The Morgan fingerprint density at radius 1 is 0.958 bits per heavy atom. The molecule has 1 N–H and O–H groups in total. The number of carbonyl (C=O) groups is 1. The highest BCUT2D eigenvalue weighted by Gasteiger charge is 2.09. The Hall–Kier alpha value is -3.05. The van der Waals surface area contributed by atoms with Crippen LogP contribution < -0.4 is 5.32 Å². The van der Waals surface area contributed by atoms with Gasteiger partial charge in [0, 0.05) is 11.8 Å². The van der Waals surface area contributed by atoms with Crippen molar-refractivity contribution in [2.75, 3.05) is 5.32 Å². The van der Waals surface area contributed by atoms with E-state index in [1.54, 1.807) is 12.3 Å². The molecule has 0 saturated heterocycles. The predicted octanol–water partition coefficient (Wildman–Crippen LogP) is 4.61. The van der Waals surface area contributed by atoms with Gasteiger partial charge in [-0.3, -0.25) is 10.1 Å². The van der Waals surface area contributed by atoms with E-state index in [-0.39, 0.29) is 5.91 Å². The van der Waals surface area contributed by atoms with Crippen LogP contribution in [-0.4, -0.2) is 15.9 Å². The molecule has 0 spiro atoms. The second-order valence-electron chi connectivity index (χ2n) is 5.26. The lowest BCUT2D eigenvalue weighted by atomic mass is 10.1. The fraction of sp³-hybridized carbons (Fsp3) is 0. The van der Waals surface area contributed by atoms with Gasteiger partial charge in [-0.1, -0.05) is 42.5 Å². The van der Waals surface area contributed by atoms with Gasteiger partial charge >= 0.3 is 0 Å². The van der Waals surface area contributed by atoms with Crippen LogP contribution in [0, 0.1) is 0 Å². The molecule has 0 saturated carbocycles. The van der Waals surface area contributed by atoms with E-state index in [0.717, 1.165) is 16.6 Å². The molecule has 1 amide bonds. The number of nitrogens with one attached hydrogen (secondary N) is 1. The quantitative estimate of drug-likeness (QED) is 0.596. The smallest absolute Gasteiger partial charge is 0.268 e. The molecule has 4 nitrogen and oxygen atoms in total. The Morgan fingerprint density at radius 2 is 1.83 bits per heavy atom. The molecule has 24 heavy (non-hydrogen) atoms. The van der Waals surface area contributed by atoms with E-state index in [4.69, 9.17) is 0 Å². The molecule has 2 aromatic carbocycles. The highest BCUT2D eigenvalue weighted by atomic mass is 32.1. The van der Waals surface area contributed by atoms with Gasteiger partial charge in [-0.05, 0) is 34.4 Å². The summed E-state index contributed by atoms with van der Waals surface area (Å²) in [6.07, 6.45) is 1.65. The van der Waals surface area contributed by atoms with Crippen LogP contribution in [0.3, 0.4) is 0 Å². The zero-order valence-corrected chi connectivity index (χ0v) is 13.5. The summed E-state index contributed by atoms with van der Waals surface area (Å²) in [6.45, 7) is 0. The first-order chi connectivity index (χ1) is 11.8. The van der Waals surface area contributed by atoms with E-state index in [0.29, 0.717) is 10.8 Å². The number of aromatic nitrogens is 2. The summed E-state index contributed by atoms with van der Waals surface area (Å²) in [5.41, 5.74) is 1.76. The van der Waals surface area contributed by atoms with Gasteiger partial charge in [0.2, 0.25) is 5.95 Å². The Bertz CT molecular complexity index is 1010. The van der Waals surface area contributed by atoms with Crippen molar-refractivity contribution in [1.29, 1.82) is 0 Å². The van der Waals surface area contributed by atoms with Gasteiger partial charge in [0.25, 0.3) is 5.91 Å². The minimum atomic E-state index is -0.194. The van der Waals surface area contributed by atoms with E-state index in [1.807, 2.05) is 35.7 Å². The average Bonchev–Trinajstić information content (AvgIpc) is 3.16. The van der Waals surface area contributed by atoms with E-state index in [1.165, 1.54) is 16.7 Å². The topological polar surface area (TPSA) is 54.9 Å². The standard InChI is InChI=1S/C19H13N3OS/c23-18(17-6-3-11-24-17)22-19-20-10-9-16(21-19)15-8-7-13-4-1-2-5-14(13)12-15/h1-12H,(H,20,21,22,23). The van der Waals surface area contributed by atoms with Gasteiger partial charge < -0.3 is 0 Å². The van der Waals surface area contributed by atoms with Crippen molar-refractivity contribution in [2.24, 2.45) is 0 Å². The normalized spacial score (nSPS) is 10.7. The number of anilines is 1. The second kappa shape index (κ2) is 6.22. The molecule has 0 radical (unpaired) electrons. The van der Waals surface area contributed by atoms with E-state index >= 15 is 0 Å². The molecule has 0 unspecified atom stereocenters. The maximum absolute atomic E-state index is 12.1. The maximum atomic E-state index is 12.1. The average molecular weight is 331 g/mol. The molecule has 0 aliphatic heterocycles. The van der Waals surface area contributed by atoms with Crippen molar-refractivity contribution in [2.45, 2.75) is 0 Å². The van der Waals surface area contributed by atoms with Crippen LogP contribution in [0.25, 0.3) is 22.0 Å². The molecule has 4 aromatic rings. The van der Waals surface area contributed by atoms with Crippen LogP contribution in [0.2, 0.25) is 0 Å². The van der Waals surface area contributed by atoms with Gasteiger partial charge in [0.05, 0.1) is 10.6 Å². The molecule has 0 aliphatic rings. The first-order valence-corrected chi connectivity index (χ1v) is 8.35. The SMILES string of the molecule is O=C(Nc1nccc(-c2ccc3ccccc3c2)n1)c1cccs1. The summed E-state index contributed by atoms with van der Waals surface area (Å²) in [6, 6.07) is 19.8. The fourth-order valence-electron chi connectivity index (χ4n) is 2.50. The molecule has 0 atom stereocenters. The summed E-state index contributed by atoms with van der Waals surface area (Å²) in [4.78, 5) is 21.4. The monoisotopic (exact) mass is 331 g/mol. The number of benzene rings is 2. The minimum Gasteiger partial charge on any atom is -0.290 e. The van der Waals surface area contributed by atoms with E-state index in [2.05, 4.69) is 39.6 Å². The molecular weight excluding hydrogens is 318 g/mol. The Morgan fingerprint density at radius 3 is 2.67 bits per heavy atom. The van der Waals surface area contributed by atoms with Gasteiger partial charge in [-0.25, -0.2) is 9.97 Å². The van der Waals surface area contributed by atoms with Gasteiger partial charge in [-0.2, -0.15) is 0 Å². The number of thiophene rings is 1. The van der Waals surface area contributed by atoms with Crippen molar-refractivity contribution >= 4 is 34.0 Å². The van der Waals surface area contributed by atoms with Crippen molar-refractivity contribution < 1.29 is 4.79 Å². The zero-order valence-electron chi connectivity index (χ0n) is 12.6. The summed E-state index contributed by atoms with van der Waals surface area (Å²) in [5, 5.41) is 6.94. The Kier molecular flexibility index (Phi) is 3.76. The lowest BCUT2D eigenvalue weighted by Gasteiger charge is -2.06. The molecule has 4 rings (SSSR count). The summed E-state index contributed by atoms with van der Waals surface area (Å²) < 4.78 is 0. The van der Waals surface area contributed by atoms with Gasteiger partial charge in [-0.15, -0.1) is 11.3 Å². The molecule has 0 bridgehead atoms. The summed E-state index contributed by atoms with van der Waals surface area (Å²) in [5.74, 6) is 0.111. The number of fused-ring (bicyclic) bond motifs is 1. The Labute approximate surface area is 142 Å². The third-order valence-electron chi connectivity index (χ3n) is 3.67. The van der Waals surface area contributed by atoms with E-state index < -0.39 is 0 Å². The van der Waals surface area contributed by atoms with Crippen molar-refractivity contribution in [3.8, 4) is 11.3 Å². The molecule has 2 aromatic heterocycles. The van der Waals surface area contributed by atoms with E-state index in [9.17, 15) is 4.79 Å². The maximum Gasteiger partial charge on any atom is 0.268 e. The van der Waals surface area contributed by atoms with Crippen LogP contribution in [-0.2, 0) is 0 Å². The molecule has 116 valence electrons. The van der Waals surface area contributed by atoms with Crippen molar-refractivity contribution in [3.63, 3.8) is 0 Å². The molecule has 2 heterocycles. The Balaban J connectivity index is 1.65. The number of hydrogen-bond acceptors (Lipinski definition) is 4. The minimum absolute atomic E-state index is 0.194. The number of amides is 1. The van der Waals surface area contributed by atoms with Crippen LogP contribution in [0.5, 0.6) is 0 Å². The van der Waals surface area contributed by atoms with Crippen molar-refractivity contribution in [3.05, 3.63) is 77.1 Å². The van der Waals surface area contributed by atoms with Crippen molar-refractivity contribution in [1.82, 2.24) is 9.97 Å². The molecule has 5 heteroatoms. The summed E-state index contributed by atoms with van der Waals surface area (Å²) in [7, 11) is 0. The molecule has 0 fully saturated rings. The van der Waals surface area contributed by atoms with Crippen LogP contribution in [0.1, 0.15) is 9.67 Å². The predicted molar refractivity (Wildman–Crippen MR) is 97.2 cm³/mol. The van der Waals surface area contributed by atoms with Crippen LogP contribution in [0.15, 0.2) is 72.2 Å². The van der Waals surface area contributed by atoms with Crippen LogP contribution >= 0.6 is 11.3 Å². The molecule has 0 aliphatic carbocycles. The first-order valence-electron chi connectivity index (χ1n) is 7.47. The van der Waals surface area contributed by atoms with Crippen LogP contribution in [0.4, 0.5) is 5.95 Å². The lowest BCUT2D eigenvalue weighted by Crippen LogP contribution is -2.12. The highest BCUT2D eigenvalue weighted by molar-refractivity contribution is 7.12. The third kappa shape index (κ3) is 2.89. The number of carbonyl (C=O) groups excluding carboxylic acids is 1. The summed E-state index contributed by atoms with van der Waals surface area (Å²) >= 11 is 1.38. The lowest BCUT2D eigenvalue weighted by molar-refractivity contribution is 0.102.